The fraction of sp³-hybridized carbons (Fsp3) is 0.105. The molecule has 0 aromatic heterocycles. The first-order valence-electron chi connectivity index (χ1n) is 17.3. The molecular weight excluding hydrogens is 1010 g/mol. The van der Waals surface area contributed by atoms with E-state index < -0.39 is 131 Å². The number of halogens is 4. The van der Waals surface area contributed by atoms with E-state index in [0.29, 0.717) is 48.5 Å². The molecule has 330 valence electrons. The number of benzene rings is 5. The predicted molar refractivity (Wildman–Crippen MR) is 222 cm³/mol. The molecule has 63 heavy (non-hydrogen) atoms. The molecule has 0 saturated carbocycles. The number of hydrogen-bond acceptors (Lipinski definition) is 14. The van der Waals surface area contributed by atoms with Crippen molar-refractivity contribution in [2.45, 2.75) is 40.4 Å². The van der Waals surface area contributed by atoms with Gasteiger partial charge < -0.3 is 0 Å². The predicted octanol–water partition coefficient (Wildman–Crippen LogP) is 6.90. The molecule has 25 heteroatoms. The molecule has 0 spiro atoms. The lowest BCUT2D eigenvalue weighted by Gasteiger charge is -2.40. The normalized spacial score (nSPS) is 17.8. The maximum atomic E-state index is 15.4. The van der Waals surface area contributed by atoms with Crippen LogP contribution < -0.4 is 0 Å². The lowest BCUT2D eigenvalue weighted by atomic mass is 10.1. The third-order valence-corrected chi connectivity index (χ3v) is 22.9. The molecule has 5 aromatic rings. The Hall–Kier alpha value is -5.60. The van der Waals surface area contributed by atoms with Crippen LogP contribution in [-0.2, 0) is 61.1 Å². The van der Waals surface area contributed by atoms with E-state index in [-0.39, 0.29) is 23.8 Å². The van der Waals surface area contributed by atoms with E-state index in [1.807, 2.05) is 0 Å². The summed E-state index contributed by atoms with van der Waals surface area (Å²) in [7, 11) is -29.2. The molecule has 16 nitrogen and oxygen atoms in total. The van der Waals surface area contributed by atoms with Crippen molar-refractivity contribution in [2.24, 2.45) is 0 Å². The van der Waals surface area contributed by atoms with Gasteiger partial charge in [-0.3, -0.25) is 20.2 Å². The first-order chi connectivity index (χ1) is 29.2. The molecule has 0 aliphatic heterocycles. The molecule has 6 rings (SSSR count). The minimum Gasteiger partial charge on any atom is -0.258 e. The number of nitro benzene ring substituents is 2. The fourth-order valence-corrected chi connectivity index (χ4v) is 20.0. The third kappa shape index (κ3) is 8.35. The second kappa shape index (κ2) is 16.5. The Morgan fingerprint density at radius 2 is 1.08 bits per heavy atom. The topological polar surface area (TPSA) is 257 Å². The maximum absolute atomic E-state index is 15.4. The molecule has 1 aliphatic carbocycles. The lowest BCUT2D eigenvalue weighted by Crippen LogP contribution is -2.55. The highest BCUT2D eigenvalue weighted by Crippen LogP contribution is 2.56. The van der Waals surface area contributed by atoms with E-state index in [1.165, 1.54) is 36.4 Å². The number of non-ortho nitro benzene ring substituents is 1. The van der Waals surface area contributed by atoms with Crippen molar-refractivity contribution >= 4 is 76.5 Å². The Labute approximate surface area is 365 Å². The smallest absolute Gasteiger partial charge is 0.258 e. The number of alkyl halides is 4. The molecular formula is C38H26BrF3N2O14S5. The zero-order chi connectivity index (χ0) is 46.6. The minimum absolute atomic E-state index is 0.000285. The molecule has 2 unspecified atom stereocenters. The Kier molecular flexibility index (Phi) is 12.3. The third-order valence-electron chi connectivity index (χ3n) is 9.52. The van der Waals surface area contributed by atoms with Crippen molar-refractivity contribution in [3.63, 3.8) is 0 Å². The van der Waals surface area contributed by atoms with Gasteiger partial charge in [-0.25, -0.2) is 42.1 Å². The summed E-state index contributed by atoms with van der Waals surface area (Å²) in [4.78, 5) is 11.7. The van der Waals surface area contributed by atoms with Crippen LogP contribution in [0.5, 0.6) is 0 Å². The lowest BCUT2D eigenvalue weighted by molar-refractivity contribution is -0.387. The van der Waals surface area contributed by atoms with Crippen LogP contribution >= 0.6 is 15.9 Å². The fourth-order valence-electron chi connectivity index (χ4n) is 6.54. The monoisotopic (exact) mass is 1030 g/mol. The van der Waals surface area contributed by atoms with Gasteiger partial charge in [0, 0.05) is 18.2 Å². The molecule has 0 bridgehead atoms. The van der Waals surface area contributed by atoms with Crippen LogP contribution in [0.2, 0.25) is 0 Å². The maximum Gasteiger partial charge on any atom is 0.416 e. The molecule has 5 aromatic carbocycles. The highest BCUT2D eigenvalue weighted by molar-refractivity contribution is 9.12. The van der Waals surface area contributed by atoms with E-state index in [1.54, 1.807) is 0 Å². The molecule has 0 amide bonds. The van der Waals surface area contributed by atoms with E-state index >= 15 is 33.7 Å². The standard InChI is InChI=1S/C38H26BrF3N2O14S5/c39-37(59(49,50)24-25-9-3-1-4-10-25)34(61(53,54)30-19-15-26(16-20-30)38(40,41)42)23-33(60(51,52)29-21-17-27(18-22-29)43(45)46)35(36(37)62(55,56)28-11-5-2-6-12-28)63(57,58)32-14-8-7-13-31(32)44(47)48/h1-23,36H,24H2. The van der Waals surface area contributed by atoms with Gasteiger partial charge in [0.05, 0.1) is 50.6 Å². The number of allylic oxidation sites excluding steroid dienone is 1. The zero-order valence-corrected chi connectivity index (χ0v) is 36.9. The molecule has 0 saturated heterocycles. The number of para-hydroxylation sites is 1. The van der Waals surface area contributed by atoms with Crippen LogP contribution in [-0.4, -0.2) is 60.8 Å². The number of hydrogen-bond donors (Lipinski definition) is 0. The Bertz CT molecular complexity index is 3320. The first-order valence-corrected chi connectivity index (χ1v) is 25.7. The van der Waals surface area contributed by atoms with Crippen LogP contribution in [0.3, 0.4) is 0 Å². The number of rotatable bonds is 13. The van der Waals surface area contributed by atoms with Gasteiger partial charge in [-0.2, -0.15) is 13.2 Å². The summed E-state index contributed by atoms with van der Waals surface area (Å²) < 4.78 is 189. The van der Waals surface area contributed by atoms with Crippen molar-refractivity contribution < 1.29 is 65.1 Å². The van der Waals surface area contributed by atoms with E-state index in [0.717, 1.165) is 36.4 Å². The van der Waals surface area contributed by atoms with Crippen molar-refractivity contribution in [1.29, 1.82) is 0 Å². The van der Waals surface area contributed by atoms with Gasteiger partial charge in [0.2, 0.25) is 29.5 Å². The van der Waals surface area contributed by atoms with Gasteiger partial charge in [0.15, 0.2) is 23.3 Å². The SMILES string of the molecule is O=[N+]([O-])c1ccc(S(=O)(=O)C2=C(S(=O)(=O)c3ccccc3[N+](=O)[O-])C(S(=O)(=O)c3ccccc3)C(Br)(S(=O)(=O)Cc3ccccc3)C(S(=O)(=O)c3ccc(C(F)(F)F)cc3)=C2)cc1. The Morgan fingerprint density at radius 1 is 0.587 bits per heavy atom. The second-order valence-electron chi connectivity index (χ2n) is 13.4. The van der Waals surface area contributed by atoms with Crippen LogP contribution in [0.4, 0.5) is 24.5 Å². The number of nitrogens with zero attached hydrogens (tertiary/aromatic N) is 2. The van der Waals surface area contributed by atoms with Crippen LogP contribution in [0, 0.1) is 20.2 Å². The Morgan fingerprint density at radius 3 is 1.60 bits per heavy atom. The number of nitro groups is 2. The molecule has 0 N–H and O–H groups in total. The van der Waals surface area contributed by atoms with Crippen LogP contribution in [0.1, 0.15) is 11.1 Å². The summed E-state index contributed by atoms with van der Waals surface area (Å²) >= 11 is 2.85. The van der Waals surface area contributed by atoms with Crippen molar-refractivity contribution in [1.82, 2.24) is 0 Å². The Balaban J connectivity index is 1.90. The number of sulfone groups is 5. The van der Waals surface area contributed by atoms with Gasteiger partial charge in [0.25, 0.3) is 11.4 Å². The van der Waals surface area contributed by atoms with Crippen molar-refractivity contribution in [3.05, 3.63) is 186 Å². The summed E-state index contributed by atoms with van der Waals surface area (Å²) in [5, 5.41) is 20.3. The van der Waals surface area contributed by atoms with E-state index in [9.17, 15) is 41.8 Å². The molecule has 0 heterocycles. The average Bonchev–Trinajstić information content (AvgIpc) is 3.23. The minimum atomic E-state index is -6.09. The quantitative estimate of drug-likeness (QED) is 0.0660. The summed E-state index contributed by atoms with van der Waals surface area (Å²) in [5.74, 6) is -1.32. The summed E-state index contributed by atoms with van der Waals surface area (Å²) in [6, 6.07) is 18.5. The molecule has 0 fully saturated rings. The zero-order valence-electron chi connectivity index (χ0n) is 31.2. The molecule has 1 aliphatic rings. The van der Waals surface area contributed by atoms with Crippen molar-refractivity contribution in [2.75, 3.05) is 0 Å². The van der Waals surface area contributed by atoms with E-state index in [4.69, 9.17) is 0 Å². The van der Waals surface area contributed by atoms with Gasteiger partial charge in [-0.05, 0) is 66.2 Å². The average molecular weight is 1030 g/mol. The highest BCUT2D eigenvalue weighted by Gasteiger charge is 2.66. The van der Waals surface area contributed by atoms with Crippen LogP contribution in [0.15, 0.2) is 174 Å². The van der Waals surface area contributed by atoms with Gasteiger partial charge in [0.1, 0.15) is 10.1 Å². The molecule has 0 radical (unpaired) electrons. The first kappa shape index (κ1) is 46.9. The van der Waals surface area contributed by atoms with Crippen LogP contribution in [0.25, 0.3) is 0 Å². The second-order valence-corrected chi connectivity index (χ2v) is 25.1. The molecule has 2 atom stereocenters. The van der Waals surface area contributed by atoms with Crippen molar-refractivity contribution in [3.8, 4) is 0 Å². The summed E-state index contributed by atoms with van der Waals surface area (Å²) in [5.41, 5.74) is -3.54. The van der Waals surface area contributed by atoms with Gasteiger partial charge in [-0.15, -0.1) is 0 Å². The summed E-state index contributed by atoms with van der Waals surface area (Å²) in [6.07, 6.45) is -5.04. The highest BCUT2D eigenvalue weighted by atomic mass is 79.9. The van der Waals surface area contributed by atoms with E-state index in [2.05, 4.69) is 15.9 Å². The summed E-state index contributed by atoms with van der Waals surface area (Å²) in [6.45, 7) is 0. The van der Waals surface area contributed by atoms with Gasteiger partial charge in [-0.1, -0.05) is 76.6 Å². The largest absolute Gasteiger partial charge is 0.416 e. The van der Waals surface area contributed by atoms with Gasteiger partial charge >= 0.3 is 6.18 Å².